The minimum Gasteiger partial charge on any atom is -0.378 e. The van der Waals surface area contributed by atoms with Crippen molar-refractivity contribution in [2.75, 3.05) is 13.2 Å². The average molecular weight is 169 g/mol. The van der Waals surface area contributed by atoms with Gasteiger partial charge in [0, 0.05) is 4.91 Å². The summed E-state index contributed by atoms with van der Waals surface area (Å²) in [7, 11) is 0. The molecule has 1 aliphatic rings. The molecule has 2 unspecified atom stereocenters. The summed E-state index contributed by atoms with van der Waals surface area (Å²) in [4.78, 5) is 2.71. The van der Waals surface area contributed by atoms with Crippen LogP contribution in [0.25, 0.3) is 10.4 Å². The second kappa shape index (κ2) is 4.33. The van der Waals surface area contributed by atoms with Gasteiger partial charge in [-0.2, -0.15) is 0 Å². The molecular weight excluding hydrogens is 154 g/mol. The van der Waals surface area contributed by atoms with Crippen LogP contribution >= 0.6 is 0 Å². The van der Waals surface area contributed by atoms with Gasteiger partial charge in [-0.1, -0.05) is 19.0 Å². The highest BCUT2D eigenvalue weighted by Gasteiger charge is 2.26. The number of hydrogen-bond donors (Lipinski definition) is 0. The first kappa shape index (κ1) is 9.36. The lowest BCUT2D eigenvalue weighted by molar-refractivity contribution is 0.109. The van der Waals surface area contributed by atoms with E-state index >= 15 is 0 Å². The highest BCUT2D eigenvalue weighted by molar-refractivity contribution is 4.77. The smallest absolute Gasteiger partial charge is 0.0635 e. The van der Waals surface area contributed by atoms with E-state index in [-0.39, 0.29) is 6.10 Å². The lowest BCUT2D eigenvalue weighted by Gasteiger charge is -2.10. The van der Waals surface area contributed by atoms with Crippen molar-refractivity contribution in [1.82, 2.24) is 0 Å². The molecular formula is C8H15N3O. The Kier molecular flexibility index (Phi) is 3.38. The molecule has 0 spiro atoms. The molecule has 0 radical (unpaired) electrons. The van der Waals surface area contributed by atoms with Gasteiger partial charge in [0.25, 0.3) is 0 Å². The van der Waals surface area contributed by atoms with E-state index in [1.54, 1.807) is 0 Å². The summed E-state index contributed by atoms with van der Waals surface area (Å²) in [6.07, 6.45) is 1.20. The fourth-order valence-electron chi connectivity index (χ4n) is 1.45. The molecule has 68 valence electrons. The van der Waals surface area contributed by atoms with Crippen LogP contribution in [-0.4, -0.2) is 19.3 Å². The summed E-state index contributed by atoms with van der Waals surface area (Å²) < 4.78 is 5.46. The van der Waals surface area contributed by atoms with Gasteiger partial charge in [0.2, 0.25) is 0 Å². The van der Waals surface area contributed by atoms with E-state index in [1.165, 1.54) is 0 Å². The van der Waals surface area contributed by atoms with Gasteiger partial charge in [0.15, 0.2) is 0 Å². The Morgan fingerprint density at radius 1 is 1.67 bits per heavy atom. The molecule has 4 heteroatoms. The van der Waals surface area contributed by atoms with E-state index < -0.39 is 0 Å². The Balaban J connectivity index is 2.30. The van der Waals surface area contributed by atoms with Crippen molar-refractivity contribution in [2.24, 2.45) is 17.0 Å². The zero-order valence-corrected chi connectivity index (χ0v) is 7.60. The number of nitrogens with zero attached hydrogens (tertiary/aromatic N) is 3. The van der Waals surface area contributed by atoms with Crippen LogP contribution in [0.2, 0.25) is 0 Å². The minimum atomic E-state index is 0.160. The third-order valence-electron chi connectivity index (χ3n) is 2.40. The Labute approximate surface area is 72.5 Å². The molecule has 0 saturated carbocycles. The maximum Gasteiger partial charge on any atom is 0.0635 e. The number of ether oxygens (including phenoxy) is 1. The van der Waals surface area contributed by atoms with Crippen LogP contribution in [0.3, 0.4) is 0 Å². The molecule has 0 amide bonds. The average Bonchev–Trinajstić information content (AvgIpc) is 2.48. The van der Waals surface area contributed by atoms with Gasteiger partial charge >= 0.3 is 0 Å². The maximum absolute atomic E-state index is 8.10. The van der Waals surface area contributed by atoms with Crippen LogP contribution in [0.1, 0.15) is 20.3 Å². The van der Waals surface area contributed by atoms with Crippen LogP contribution < -0.4 is 0 Å². The van der Waals surface area contributed by atoms with Gasteiger partial charge in [-0.05, 0) is 23.8 Å². The lowest BCUT2D eigenvalue weighted by atomic mass is 9.93. The monoisotopic (exact) mass is 169 g/mol. The van der Waals surface area contributed by atoms with E-state index in [2.05, 4.69) is 23.9 Å². The molecule has 1 saturated heterocycles. The molecule has 0 bridgehead atoms. The summed E-state index contributed by atoms with van der Waals surface area (Å²) in [6, 6.07) is 0. The Morgan fingerprint density at radius 2 is 2.42 bits per heavy atom. The first-order chi connectivity index (χ1) is 5.74. The van der Waals surface area contributed by atoms with Crippen LogP contribution in [0.15, 0.2) is 5.11 Å². The molecule has 1 rings (SSSR count). The van der Waals surface area contributed by atoms with Crippen molar-refractivity contribution in [1.29, 1.82) is 0 Å². The molecule has 0 aromatic carbocycles. The van der Waals surface area contributed by atoms with Gasteiger partial charge in [-0.15, -0.1) is 0 Å². The van der Waals surface area contributed by atoms with E-state index in [4.69, 9.17) is 10.3 Å². The second-order valence-electron chi connectivity index (χ2n) is 3.61. The van der Waals surface area contributed by atoms with Gasteiger partial charge in [0.05, 0.1) is 19.3 Å². The number of hydrogen-bond acceptors (Lipinski definition) is 2. The molecule has 4 nitrogen and oxygen atoms in total. The zero-order chi connectivity index (χ0) is 8.97. The molecule has 1 fully saturated rings. The van der Waals surface area contributed by atoms with Crippen molar-refractivity contribution in [2.45, 2.75) is 26.4 Å². The lowest BCUT2D eigenvalue weighted by Crippen LogP contribution is -2.10. The van der Waals surface area contributed by atoms with Gasteiger partial charge < -0.3 is 4.74 Å². The van der Waals surface area contributed by atoms with Gasteiger partial charge in [0.1, 0.15) is 0 Å². The first-order valence-electron chi connectivity index (χ1n) is 4.36. The summed E-state index contributed by atoms with van der Waals surface area (Å²) in [6.45, 7) is 5.71. The molecule has 12 heavy (non-hydrogen) atoms. The number of azide groups is 1. The quantitative estimate of drug-likeness (QED) is 0.363. The largest absolute Gasteiger partial charge is 0.378 e. The molecule has 0 N–H and O–H groups in total. The third kappa shape index (κ3) is 2.40. The van der Waals surface area contributed by atoms with Crippen LogP contribution in [0, 0.1) is 11.8 Å². The summed E-state index contributed by atoms with van der Waals surface area (Å²) in [5.41, 5.74) is 8.10. The van der Waals surface area contributed by atoms with Crippen molar-refractivity contribution in [3.05, 3.63) is 10.4 Å². The van der Waals surface area contributed by atoms with E-state index in [0.717, 1.165) is 13.0 Å². The van der Waals surface area contributed by atoms with Crippen molar-refractivity contribution < 1.29 is 4.74 Å². The van der Waals surface area contributed by atoms with Crippen molar-refractivity contribution in [3.8, 4) is 0 Å². The van der Waals surface area contributed by atoms with Crippen LogP contribution in [-0.2, 0) is 4.74 Å². The van der Waals surface area contributed by atoms with Crippen molar-refractivity contribution >= 4 is 0 Å². The molecule has 0 aromatic heterocycles. The molecule has 2 atom stereocenters. The Hall–Kier alpha value is -0.730. The maximum atomic E-state index is 8.10. The first-order valence-corrected chi connectivity index (χ1v) is 4.36. The van der Waals surface area contributed by atoms with E-state index in [0.29, 0.717) is 18.4 Å². The standard InChI is InChI=1S/C8H15N3O/c1-6(2)7-3-8(12-5-7)4-10-11-9/h6-8H,3-5H2,1-2H3. The summed E-state index contributed by atoms with van der Waals surface area (Å²) in [5, 5.41) is 3.50. The number of rotatable bonds is 3. The molecule has 0 aliphatic carbocycles. The van der Waals surface area contributed by atoms with E-state index in [1.807, 2.05) is 0 Å². The fraction of sp³-hybridized carbons (Fsp3) is 1.00. The van der Waals surface area contributed by atoms with Crippen LogP contribution in [0.5, 0.6) is 0 Å². The highest BCUT2D eigenvalue weighted by atomic mass is 16.5. The second-order valence-corrected chi connectivity index (χ2v) is 3.61. The highest BCUT2D eigenvalue weighted by Crippen LogP contribution is 2.26. The van der Waals surface area contributed by atoms with Gasteiger partial charge in [-0.3, -0.25) is 0 Å². The Morgan fingerprint density at radius 3 is 2.92 bits per heavy atom. The predicted octanol–water partition coefficient (Wildman–Crippen LogP) is 2.36. The third-order valence-corrected chi connectivity index (χ3v) is 2.40. The minimum absolute atomic E-state index is 0.160. The summed E-state index contributed by atoms with van der Waals surface area (Å²) >= 11 is 0. The topological polar surface area (TPSA) is 58.0 Å². The summed E-state index contributed by atoms with van der Waals surface area (Å²) in [5.74, 6) is 1.31. The molecule has 0 aromatic rings. The van der Waals surface area contributed by atoms with E-state index in [9.17, 15) is 0 Å². The van der Waals surface area contributed by atoms with Crippen molar-refractivity contribution in [3.63, 3.8) is 0 Å². The fourth-order valence-corrected chi connectivity index (χ4v) is 1.45. The SMILES string of the molecule is CC(C)C1COC(CN=[N+]=[N-])C1. The van der Waals surface area contributed by atoms with Gasteiger partial charge in [-0.25, -0.2) is 0 Å². The molecule has 1 aliphatic heterocycles. The zero-order valence-electron chi connectivity index (χ0n) is 7.60. The molecule has 1 heterocycles. The Bertz CT molecular complexity index is 187. The predicted molar refractivity (Wildman–Crippen MR) is 46.7 cm³/mol. The normalized spacial score (nSPS) is 28.9. The van der Waals surface area contributed by atoms with Crippen LogP contribution in [0.4, 0.5) is 0 Å².